The van der Waals surface area contributed by atoms with Crippen LogP contribution in [0.2, 0.25) is 0 Å². The van der Waals surface area contributed by atoms with Crippen molar-refractivity contribution in [2.45, 2.75) is 20.3 Å². The van der Waals surface area contributed by atoms with E-state index in [2.05, 4.69) is 46.8 Å². The number of methoxy groups -OCH3 is 3. The van der Waals surface area contributed by atoms with Crippen molar-refractivity contribution >= 4 is 35.6 Å². The average Bonchev–Trinajstić information content (AvgIpc) is 2.68. The van der Waals surface area contributed by atoms with Gasteiger partial charge >= 0.3 is 0 Å². The van der Waals surface area contributed by atoms with Gasteiger partial charge in [0.1, 0.15) is 0 Å². The molecule has 0 saturated carbocycles. The minimum Gasteiger partial charge on any atom is -0.493 e. The molecule has 0 fully saturated rings. The lowest BCUT2D eigenvalue weighted by molar-refractivity contribution is 0.324. The molecule has 2 aromatic carbocycles. The second-order valence-corrected chi connectivity index (χ2v) is 6.04. The molecule has 0 heterocycles. The number of nitrogens with zero attached hydrogens (tertiary/aromatic N) is 1. The lowest BCUT2D eigenvalue weighted by Crippen LogP contribution is -2.31. The van der Waals surface area contributed by atoms with Crippen molar-refractivity contribution in [1.29, 1.82) is 0 Å². The third-order valence-electron chi connectivity index (χ3n) is 4.06. The number of hydrogen-bond acceptors (Lipinski definition) is 4. The van der Waals surface area contributed by atoms with Crippen LogP contribution in [0.4, 0.5) is 5.69 Å². The van der Waals surface area contributed by atoms with Crippen LogP contribution in [0, 0.1) is 6.92 Å². The lowest BCUT2D eigenvalue weighted by atomic mass is 10.1. The van der Waals surface area contributed by atoms with E-state index in [1.807, 2.05) is 19.1 Å². The summed E-state index contributed by atoms with van der Waals surface area (Å²) in [5, 5.41) is 6.56. The highest BCUT2D eigenvalue weighted by Crippen LogP contribution is 2.39. The molecule has 0 saturated heterocycles. The zero-order valence-electron chi connectivity index (χ0n) is 17.2. The molecule has 0 aliphatic heterocycles. The van der Waals surface area contributed by atoms with Crippen LogP contribution in [-0.2, 0) is 6.42 Å². The van der Waals surface area contributed by atoms with Crippen LogP contribution in [-0.4, -0.2) is 40.4 Å². The Morgan fingerprint density at radius 2 is 1.57 bits per heavy atom. The summed E-state index contributed by atoms with van der Waals surface area (Å²) < 4.78 is 16.2. The molecule has 0 bridgehead atoms. The number of benzene rings is 2. The highest BCUT2D eigenvalue weighted by atomic mass is 127. The van der Waals surface area contributed by atoms with E-state index in [9.17, 15) is 0 Å². The Balaban J connectivity index is 0.00000392. The van der Waals surface area contributed by atoms with Crippen LogP contribution in [0.5, 0.6) is 17.2 Å². The van der Waals surface area contributed by atoms with Crippen molar-refractivity contribution in [2.75, 3.05) is 39.7 Å². The maximum atomic E-state index is 5.40. The first kappa shape index (κ1) is 23.9. The molecule has 6 nitrogen and oxygen atoms in total. The molecule has 0 atom stereocenters. The standard InChI is InChI=1S/C21H29N3O3.HI/c1-6-22-21(23-12-11-16-9-7-15(2)8-10-16)24-17-13-18(25-3)20(27-5)19(14-17)26-4;/h7-10,13-14H,6,11-12H2,1-5H3,(H2,22,23,24);1H. The van der Waals surface area contributed by atoms with Crippen LogP contribution in [0.1, 0.15) is 18.1 Å². The molecule has 0 aliphatic rings. The number of halogens is 1. The fraction of sp³-hybridized carbons (Fsp3) is 0.381. The Labute approximate surface area is 184 Å². The van der Waals surface area contributed by atoms with E-state index < -0.39 is 0 Å². The van der Waals surface area contributed by atoms with Gasteiger partial charge in [-0.25, -0.2) is 0 Å². The van der Waals surface area contributed by atoms with Gasteiger partial charge in [0, 0.05) is 30.9 Å². The SMILES string of the molecule is CCNC(=NCCc1ccc(C)cc1)Nc1cc(OC)c(OC)c(OC)c1.I. The van der Waals surface area contributed by atoms with Crippen molar-refractivity contribution in [3.63, 3.8) is 0 Å². The molecule has 154 valence electrons. The van der Waals surface area contributed by atoms with Gasteiger partial charge in [0.15, 0.2) is 17.5 Å². The summed E-state index contributed by atoms with van der Waals surface area (Å²) in [6.45, 7) is 5.57. The second kappa shape index (κ2) is 12.3. The third kappa shape index (κ3) is 6.78. The van der Waals surface area contributed by atoms with E-state index in [4.69, 9.17) is 14.2 Å². The largest absolute Gasteiger partial charge is 0.493 e. The molecule has 7 heteroatoms. The molecule has 0 aromatic heterocycles. The molecule has 0 aliphatic carbocycles. The minimum absolute atomic E-state index is 0. The van der Waals surface area contributed by atoms with Gasteiger partial charge in [0.25, 0.3) is 0 Å². The Morgan fingerprint density at radius 1 is 0.964 bits per heavy atom. The number of aliphatic imine (C=N–C) groups is 1. The van der Waals surface area contributed by atoms with E-state index in [0.29, 0.717) is 29.8 Å². The number of hydrogen-bond donors (Lipinski definition) is 2. The summed E-state index contributed by atoms with van der Waals surface area (Å²) in [7, 11) is 4.79. The molecule has 0 amide bonds. The molecule has 0 spiro atoms. The Hall–Kier alpha value is -2.16. The van der Waals surface area contributed by atoms with Gasteiger partial charge in [-0.2, -0.15) is 0 Å². The van der Waals surface area contributed by atoms with Gasteiger partial charge < -0.3 is 24.8 Å². The minimum atomic E-state index is 0. The second-order valence-electron chi connectivity index (χ2n) is 6.04. The van der Waals surface area contributed by atoms with Crippen molar-refractivity contribution in [3.8, 4) is 17.2 Å². The molecular formula is C21H30IN3O3. The van der Waals surface area contributed by atoms with E-state index in [1.165, 1.54) is 11.1 Å². The first-order valence-corrected chi connectivity index (χ1v) is 9.02. The predicted molar refractivity (Wildman–Crippen MR) is 126 cm³/mol. The van der Waals surface area contributed by atoms with Crippen molar-refractivity contribution < 1.29 is 14.2 Å². The third-order valence-corrected chi connectivity index (χ3v) is 4.06. The Morgan fingerprint density at radius 3 is 2.07 bits per heavy atom. The summed E-state index contributed by atoms with van der Waals surface area (Å²) in [6, 6.07) is 12.2. The highest BCUT2D eigenvalue weighted by molar-refractivity contribution is 14.0. The summed E-state index contributed by atoms with van der Waals surface area (Å²) in [4.78, 5) is 4.66. The molecular weight excluding hydrogens is 469 g/mol. The van der Waals surface area contributed by atoms with Crippen molar-refractivity contribution in [2.24, 2.45) is 4.99 Å². The quantitative estimate of drug-likeness (QED) is 0.323. The molecule has 2 rings (SSSR count). The molecule has 2 N–H and O–H groups in total. The molecule has 2 aromatic rings. The normalized spacial score (nSPS) is 10.7. The van der Waals surface area contributed by atoms with Gasteiger partial charge in [-0.15, -0.1) is 24.0 Å². The first-order chi connectivity index (χ1) is 13.1. The first-order valence-electron chi connectivity index (χ1n) is 9.02. The van der Waals surface area contributed by atoms with Gasteiger partial charge in [0.2, 0.25) is 5.75 Å². The highest BCUT2D eigenvalue weighted by Gasteiger charge is 2.13. The maximum Gasteiger partial charge on any atom is 0.203 e. The van der Waals surface area contributed by atoms with Crippen molar-refractivity contribution in [3.05, 3.63) is 47.5 Å². The zero-order chi connectivity index (χ0) is 19.6. The number of guanidine groups is 1. The summed E-state index contributed by atoms with van der Waals surface area (Å²) in [6.07, 6.45) is 0.881. The summed E-state index contributed by atoms with van der Waals surface area (Å²) in [5.41, 5.74) is 3.34. The van der Waals surface area contributed by atoms with Crippen LogP contribution < -0.4 is 24.8 Å². The van der Waals surface area contributed by atoms with E-state index in [1.54, 1.807) is 21.3 Å². The number of anilines is 1. The predicted octanol–water partition coefficient (Wildman–Crippen LogP) is 4.26. The monoisotopic (exact) mass is 499 g/mol. The fourth-order valence-corrected chi connectivity index (χ4v) is 2.65. The van der Waals surface area contributed by atoms with Gasteiger partial charge in [-0.1, -0.05) is 29.8 Å². The lowest BCUT2D eigenvalue weighted by Gasteiger charge is -2.16. The summed E-state index contributed by atoms with van der Waals surface area (Å²) in [5.74, 6) is 2.45. The fourth-order valence-electron chi connectivity index (χ4n) is 2.65. The molecule has 0 radical (unpaired) electrons. The van der Waals surface area contributed by atoms with Crippen LogP contribution >= 0.6 is 24.0 Å². The molecule has 28 heavy (non-hydrogen) atoms. The van der Waals surface area contributed by atoms with Gasteiger partial charge in [-0.3, -0.25) is 4.99 Å². The Bertz CT molecular complexity index is 739. The zero-order valence-corrected chi connectivity index (χ0v) is 19.5. The Kier molecular flexibility index (Phi) is 10.5. The number of rotatable bonds is 8. The molecule has 0 unspecified atom stereocenters. The van der Waals surface area contributed by atoms with Gasteiger partial charge in [-0.05, 0) is 25.8 Å². The topological polar surface area (TPSA) is 64.1 Å². The van der Waals surface area contributed by atoms with Crippen LogP contribution in [0.3, 0.4) is 0 Å². The van der Waals surface area contributed by atoms with Crippen molar-refractivity contribution in [1.82, 2.24) is 5.32 Å². The smallest absolute Gasteiger partial charge is 0.203 e. The average molecular weight is 499 g/mol. The van der Waals surface area contributed by atoms with E-state index in [0.717, 1.165) is 18.7 Å². The van der Waals surface area contributed by atoms with E-state index in [-0.39, 0.29) is 24.0 Å². The maximum absolute atomic E-state index is 5.40. The van der Waals surface area contributed by atoms with Gasteiger partial charge in [0.05, 0.1) is 21.3 Å². The van der Waals surface area contributed by atoms with Crippen LogP contribution in [0.25, 0.3) is 0 Å². The number of ether oxygens (including phenoxy) is 3. The number of aryl methyl sites for hydroxylation is 1. The van der Waals surface area contributed by atoms with Crippen LogP contribution in [0.15, 0.2) is 41.4 Å². The summed E-state index contributed by atoms with van der Waals surface area (Å²) >= 11 is 0. The van der Waals surface area contributed by atoms with E-state index >= 15 is 0 Å². The number of nitrogens with one attached hydrogen (secondary N) is 2.